The van der Waals surface area contributed by atoms with E-state index < -0.39 is 69.1 Å². The molecule has 0 unspecified atom stereocenters. The van der Waals surface area contributed by atoms with Gasteiger partial charge in [0.25, 0.3) is 0 Å². The van der Waals surface area contributed by atoms with Crippen molar-refractivity contribution in [2.75, 3.05) is 69.8 Å². The highest BCUT2D eigenvalue weighted by Gasteiger charge is 2.48. The third-order valence-corrected chi connectivity index (χ3v) is 16.1. The zero-order chi connectivity index (χ0) is 59.6. The number of rotatable bonds is 15. The van der Waals surface area contributed by atoms with Crippen molar-refractivity contribution < 1.29 is 61.5 Å². The van der Waals surface area contributed by atoms with Crippen LogP contribution < -0.4 is 40.5 Å². The summed E-state index contributed by atoms with van der Waals surface area (Å²) in [4.78, 5) is 77.5. The molecule has 0 spiro atoms. The maximum atomic E-state index is 13.9. The number of halogens is 2. The minimum atomic E-state index is -1.09. The first-order chi connectivity index (χ1) is 38.5. The largest absolute Gasteiger partial charge is 0.496 e. The van der Waals surface area contributed by atoms with E-state index in [-0.39, 0.29) is 25.5 Å². The summed E-state index contributed by atoms with van der Waals surface area (Å²) in [5.74, 6) is -1.21. The van der Waals surface area contributed by atoms with Crippen LogP contribution >= 0.6 is 22.7 Å². The minimum absolute atomic E-state index is 0.0131. The standard InChI is InChI=1S/C32H44FN7O6S.C23H28FN5O5S/c1-29(2,3)45-27(42)36-18-31(24(41)35-19-32(10-11-32)37-28(43)46-30(4,5)6)12-14-39(15-13-31)26-38-40-22(17-34-25(40)47-26)21-9-8-20(33)16-23(21)44-7;1-22(2,3)34-21(32)26-13-23(18(30)31)7-9-28(10-8-23)20-27-29-16(12-25-19(29)35-20)15-6-5-14(24)11-17(15)33-4/h8-9,16-17H,10-15,18-19H2,1-7H3,(H,35,41)(H,36,42)(H,37,43);5-6,11-12H,7-10,13H2,1-4H3,(H,26,32)(H,30,31). The molecule has 82 heavy (non-hydrogen) atoms. The van der Waals surface area contributed by atoms with Gasteiger partial charge in [0.15, 0.2) is 0 Å². The highest BCUT2D eigenvalue weighted by Crippen LogP contribution is 2.41. The molecule has 4 amide bonds. The summed E-state index contributed by atoms with van der Waals surface area (Å²) in [5, 5.41) is 32.3. The second-order valence-corrected chi connectivity index (χ2v) is 25.6. The monoisotopic (exact) mass is 1180 g/mol. The number of piperidine rings is 2. The third-order valence-electron chi connectivity index (χ3n) is 14.1. The van der Waals surface area contributed by atoms with Crippen LogP contribution in [0.25, 0.3) is 32.4 Å². The molecule has 2 aliphatic heterocycles. The Labute approximate surface area is 481 Å². The number of anilines is 2. The normalized spacial score (nSPS) is 16.5. The highest BCUT2D eigenvalue weighted by molar-refractivity contribution is 7.20. The number of methoxy groups -OCH3 is 2. The molecular formula is C55H72F2N12O11S2. The maximum Gasteiger partial charge on any atom is 0.408 e. The van der Waals surface area contributed by atoms with Crippen molar-refractivity contribution in [3.63, 3.8) is 0 Å². The van der Waals surface area contributed by atoms with Crippen LogP contribution in [0.5, 0.6) is 11.5 Å². The Hall–Kier alpha value is -7.55. The molecule has 2 aromatic carbocycles. The van der Waals surface area contributed by atoms with Gasteiger partial charge in [-0.3, -0.25) is 9.59 Å². The number of aliphatic carboxylic acids is 1. The van der Waals surface area contributed by atoms with Gasteiger partial charge in [0.05, 0.1) is 54.4 Å². The lowest BCUT2D eigenvalue weighted by molar-refractivity contribution is -0.150. The van der Waals surface area contributed by atoms with Gasteiger partial charge < -0.3 is 59.9 Å². The van der Waals surface area contributed by atoms with Crippen molar-refractivity contribution in [3.05, 3.63) is 60.4 Å². The summed E-state index contributed by atoms with van der Waals surface area (Å²) >= 11 is 2.79. The molecule has 444 valence electrons. The lowest BCUT2D eigenvalue weighted by Crippen LogP contribution is -2.56. The van der Waals surface area contributed by atoms with E-state index in [0.717, 1.165) is 18.0 Å². The summed E-state index contributed by atoms with van der Waals surface area (Å²) in [6.07, 6.45) is 4.56. The number of fused-ring (bicyclic) bond motifs is 2. The molecule has 1 aliphatic carbocycles. The molecule has 6 aromatic rings. The predicted octanol–water partition coefficient (Wildman–Crippen LogP) is 8.69. The number of carbonyl (C=O) groups excluding carboxylic acids is 4. The Balaban J connectivity index is 0.000000224. The van der Waals surface area contributed by atoms with Crippen LogP contribution in [-0.2, 0) is 23.8 Å². The van der Waals surface area contributed by atoms with E-state index in [9.17, 15) is 37.9 Å². The topological polar surface area (TPSA) is 267 Å². The first-order valence-corrected chi connectivity index (χ1v) is 28.5. The number of carbonyl (C=O) groups is 5. The van der Waals surface area contributed by atoms with Crippen LogP contribution in [0, 0.1) is 22.5 Å². The number of hydrogen-bond acceptors (Lipinski definition) is 18. The first-order valence-electron chi connectivity index (χ1n) is 26.9. The number of aromatic nitrogens is 6. The van der Waals surface area contributed by atoms with Gasteiger partial charge in [-0.2, -0.15) is 0 Å². The molecule has 5 N–H and O–H groups in total. The van der Waals surface area contributed by atoms with E-state index in [1.807, 2.05) is 4.90 Å². The molecule has 3 aliphatic rings. The number of alkyl carbamates (subject to hydrolysis) is 3. The van der Waals surface area contributed by atoms with Gasteiger partial charge >= 0.3 is 24.2 Å². The number of hydrogen-bond donors (Lipinski definition) is 5. The molecule has 27 heteroatoms. The number of nitrogens with one attached hydrogen (secondary N) is 4. The second kappa shape index (κ2) is 23.7. The average Bonchev–Trinajstić information content (AvgIpc) is 3.13. The van der Waals surface area contributed by atoms with E-state index in [0.29, 0.717) is 101 Å². The van der Waals surface area contributed by atoms with Crippen LogP contribution in [0.15, 0.2) is 48.8 Å². The second-order valence-electron chi connectivity index (χ2n) is 23.8. The lowest BCUT2D eigenvalue weighted by Gasteiger charge is -2.40. The Morgan fingerprint density at radius 2 is 0.988 bits per heavy atom. The van der Waals surface area contributed by atoms with Crippen LogP contribution in [0.4, 0.5) is 33.4 Å². The molecule has 4 aromatic heterocycles. The number of imidazole rings is 2. The SMILES string of the molecule is COc1cc(F)ccc1-c1cnc2sc(N3CCC(CNC(=O)OC(C)(C)C)(C(=O)NCC4(NC(=O)OC(C)(C)C)CC4)CC3)nn12.COc1cc(F)ccc1-c1cnc2sc(N3CCC(CNC(=O)OC(C)(C)C)(C(=O)O)CC3)nn12. The van der Waals surface area contributed by atoms with Crippen LogP contribution in [0.3, 0.4) is 0 Å². The summed E-state index contributed by atoms with van der Waals surface area (Å²) in [7, 11) is 2.96. The number of ether oxygens (including phenoxy) is 5. The number of benzene rings is 2. The van der Waals surface area contributed by atoms with E-state index in [2.05, 4.69) is 41.2 Å². The summed E-state index contributed by atoms with van der Waals surface area (Å²) in [6, 6.07) is 8.60. The molecule has 0 bridgehead atoms. The number of carboxylic acids is 1. The first kappa shape index (κ1) is 60.5. The van der Waals surface area contributed by atoms with E-state index in [4.69, 9.17) is 28.8 Å². The Bertz CT molecular complexity index is 3300. The minimum Gasteiger partial charge on any atom is -0.496 e. The summed E-state index contributed by atoms with van der Waals surface area (Å²) in [6.45, 7) is 18.2. The van der Waals surface area contributed by atoms with Crippen molar-refractivity contribution in [1.29, 1.82) is 0 Å². The zero-order valence-corrected chi connectivity index (χ0v) is 49.6. The maximum absolute atomic E-state index is 13.9. The fraction of sp³-hybridized carbons (Fsp3) is 0.545. The van der Waals surface area contributed by atoms with Gasteiger partial charge in [0, 0.05) is 69.1 Å². The molecule has 1 saturated carbocycles. The Morgan fingerprint density at radius 3 is 1.38 bits per heavy atom. The lowest BCUT2D eigenvalue weighted by atomic mass is 9.77. The molecule has 23 nitrogen and oxygen atoms in total. The molecule has 2 saturated heterocycles. The van der Waals surface area contributed by atoms with Gasteiger partial charge in [0.1, 0.15) is 39.9 Å². The van der Waals surface area contributed by atoms with Crippen LogP contribution in [-0.4, -0.2) is 147 Å². The molecule has 9 rings (SSSR count). The Morgan fingerprint density at radius 1 is 0.585 bits per heavy atom. The fourth-order valence-corrected chi connectivity index (χ4v) is 11.4. The molecule has 6 heterocycles. The number of carboxylic acid groups (broad SMARTS) is 1. The Kier molecular flexibility index (Phi) is 17.5. The van der Waals surface area contributed by atoms with Gasteiger partial charge in [-0.15, -0.1) is 10.2 Å². The van der Waals surface area contributed by atoms with Crippen molar-refractivity contribution in [2.24, 2.45) is 10.8 Å². The van der Waals surface area contributed by atoms with E-state index >= 15 is 0 Å². The van der Waals surface area contributed by atoms with Gasteiger partial charge in [-0.25, -0.2) is 42.2 Å². The fourth-order valence-electron chi connectivity index (χ4n) is 9.51. The third kappa shape index (κ3) is 14.5. The molecule has 0 radical (unpaired) electrons. The van der Waals surface area contributed by atoms with Crippen molar-refractivity contribution in [2.45, 2.75) is 123 Å². The van der Waals surface area contributed by atoms with Gasteiger partial charge in [-0.05, 0) is 125 Å². The van der Waals surface area contributed by atoms with Crippen molar-refractivity contribution in [1.82, 2.24) is 50.5 Å². The van der Waals surface area contributed by atoms with Crippen molar-refractivity contribution >= 4 is 73.0 Å². The highest BCUT2D eigenvalue weighted by atomic mass is 32.1. The van der Waals surface area contributed by atoms with Gasteiger partial charge in [0.2, 0.25) is 26.1 Å². The summed E-state index contributed by atoms with van der Waals surface area (Å²) < 4.78 is 57.7. The van der Waals surface area contributed by atoms with Crippen LogP contribution in [0.1, 0.15) is 101 Å². The average molecular weight is 1180 g/mol. The van der Waals surface area contributed by atoms with Crippen LogP contribution in [0.2, 0.25) is 0 Å². The predicted molar refractivity (Wildman–Crippen MR) is 304 cm³/mol. The smallest absolute Gasteiger partial charge is 0.408 e. The van der Waals surface area contributed by atoms with E-state index in [1.54, 1.807) is 95.9 Å². The van der Waals surface area contributed by atoms with Gasteiger partial charge in [-0.1, -0.05) is 22.7 Å². The number of amides is 4. The molecular weight excluding hydrogens is 1110 g/mol. The van der Waals surface area contributed by atoms with Crippen molar-refractivity contribution in [3.8, 4) is 34.0 Å². The number of nitrogens with zero attached hydrogens (tertiary/aromatic N) is 8. The molecule has 0 atom stereocenters. The van der Waals surface area contributed by atoms with E-state index in [1.165, 1.54) is 61.2 Å². The zero-order valence-electron chi connectivity index (χ0n) is 48.0. The molecule has 3 fully saturated rings. The quantitative estimate of drug-likeness (QED) is 0.0602. The summed E-state index contributed by atoms with van der Waals surface area (Å²) in [5.41, 5.74) is -1.89.